The van der Waals surface area contributed by atoms with E-state index < -0.39 is 0 Å². The Kier molecular flexibility index (Phi) is 6.13. The van der Waals surface area contributed by atoms with Crippen LogP contribution in [0.25, 0.3) is 21.8 Å². The van der Waals surface area contributed by atoms with Crippen molar-refractivity contribution in [2.24, 2.45) is 0 Å². The van der Waals surface area contributed by atoms with Gasteiger partial charge >= 0.3 is 0 Å². The van der Waals surface area contributed by atoms with Crippen molar-refractivity contribution in [3.8, 4) is 0 Å². The lowest BCUT2D eigenvalue weighted by Gasteiger charge is -2.10. The van der Waals surface area contributed by atoms with Gasteiger partial charge in [-0.3, -0.25) is 4.79 Å². The predicted octanol–water partition coefficient (Wildman–Crippen LogP) is 4.98. The molecule has 0 aliphatic carbocycles. The number of nitrogens with one attached hydrogen (secondary N) is 4. The highest BCUT2D eigenvalue weighted by atomic mass is 35.5. The molecule has 150 valence electrons. The summed E-state index contributed by atoms with van der Waals surface area (Å²) >= 11 is 8.00. The molecular formula is C22H23ClN4OS. The van der Waals surface area contributed by atoms with Gasteiger partial charge in [0.25, 0.3) is 0 Å². The number of para-hydroxylation sites is 1. The fourth-order valence-corrected chi connectivity index (χ4v) is 4.15. The molecule has 0 bridgehead atoms. The van der Waals surface area contributed by atoms with Crippen molar-refractivity contribution >= 4 is 51.0 Å². The minimum absolute atomic E-state index is 0.0299. The van der Waals surface area contributed by atoms with Crippen LogP contribution in [0.3, 0.4) is 0 Å². The molecule has 0 radical (unpaired) electrons. The fourth-order valence-electron chi connectivity index (χ4n) is 3.45. The van der Waals surface area contributed by atoms with Crippen LogP contribution in [0.4, 0.5) is 5.82 Å². The van der Waals surface area contributed by atoms with Crippen molar-refractivity contribution in [3.05, 3.63) is 69.5 Å². The molecule has 0 saturated carbocycles. The molecule has 2 aromatic heterocycles. The van der Waals surface area contributed by atoms with Crippen LogP contribution in [-0.2, 0) is 6.54 Å². The topological polar surface area (TPSA) is 72.7 Å². The van der Waals surface area contributed by atoms with Crippen LogP contribution in [0, 0.1) is 0 Å². The Labute approximate surface area is 178 Å². The molecule has 4 N–H and O–H groups in total. The molecule has 0 saturated heterocycles. The fraction of sp³-hybridized carbons (Fsp3) is 0.227. The summed E-state index contributed by atoms with van der Waals surface area (Å²) in [5.74, 6) is 0.754. The van der Waals surface area contributed by atoms with Crippen LogP contribution < -0.4 is 16.1 Å². The average Bonchev–Trinajstić information content (AvgIpc) is 3.11. The van der Waals surface area contributed by atoms with Gasteiger partial charge in [-0.25, -0.2) is 0 Å². The molecular weight excluding hydrogens is 404 g/mol. The first kappa shape index (κ1) is 19.9. The number of benzene rings is 2. The first-order chi connectivity index (χ1) is 14.2. The minimum atomic E-state index is 0.0299. The highest BCUT2D eigenvalue weighted by Crippen LogP contribution is 2.30. The molecule has 4 aromatic rings. The van der Waals surface area contributed by atoms with E-state index in [0.717, 1.165) is 53.3 Å². The summed E-state index contributed by atoms with van der Waals surface area (Å²) in [5.41, 5.74) is 3.18. The Balaban J connectivity index is 1.31. The van der Waals surface area contributed by atoms with Gasteiger partial charge in [0.05, 0.1) is 16.1 Å². The maximum Gasteiger partial charge on any atom is 0.191 e. The van der Waals surface area contributed by atoms with Gasteiger partial charge in [0.2, 0.25) is 0 Å². The van der Waals surface area contributed by atoms with Gasteiger partial charge in [-0.1, -0.05) is 23.7 Å². The standard InChI is InChI=1S/C22H23ClN4OS/c1-29-15-9-14(22-17(10-15)18(23)13-26-22)12-24-7-4-8-25-21-11-20(28)16-5-2-3-6-19(16)27-21/h2-3,5-6,9-11,13,24,26H,4,7-8,12H2,1H3,(H2,25,27,28). The van der Waals surface area contributed by atoms with Crippen LogP contribution in [0.5, 0.6) is 0 Å². The lowest BCUT2D eigenvalue weighted by Crippen LogP contribution is -2.18. The molecule has 0 spiro atoms. The molecule has 4 rings (SSSR count). The summed E-state index contributed by atoms with van der Waals surface area (Å²) in [4.78, 5) is 19.9. The van der Waals surface area contributed by atoms with Crippen LogP contribution in [0.1, 0.15) is 12.0 Å². The monoisotopic (exact) mass is 426 g/mol. The van der Waals surface area contributed by atoms with E-state index in [2.05, 4.69) is 39.0 Å². The molecule has 0 unspecified atom stereocenters. The molecule has 5 nitrogen and oxygen atoms in total. The zero-order valence-corrected chi connectivity index (χ0v) is 17.7. The summed E-state index contributed by atoms with van der Waals surface area (Å²) in [5, 5.41) is 9.34. The summed E-state index contributed by atoms with van der Waals surface area (Å²) in [6.07, 6.45) is 4.85. The third-order valence-electron chi connectivity index (χ3n) is 4.93. The molecule has 0 amide bonds. The van der Waals surface area contributed by atoms with Gasteiger partial charge in [0, 0.05) is 41.0 Å². The zero-order valence-electron chi connectivity index (χ0n) is 16.1. The van der Waals surface area contributed by atoms with E-state index in [0.29, 0.717) is 5.39 Å². The Morgan fingerprint density at radius 1 is 1.10 bits per heavy atom. The number of fused-ring (bicyclic) bond motifs is 2. The van der Waals surface area contributed by atoms with E-state index in [1.807, 2.05) is 30.5 Å². The van der Waals surface area contributed by atoms with Crippen LogP contribution in [-0.4, -0.2) is 29.3 Å². The Morgan fingerprint density at radius 2 is 1.97 bits per heavy atom. The highest BCUT2D eigenvalue weighted by Gasteiger charge is 2.08. The number of aromatic amines is 2. The van der Waals surface area contributed by atoms with Crippen molar-refractivity contribution in [3.63, 3.8) is 0 Å². The maximum atomic E-state index is 12.2. The van der Waals surface area contributed by atoms with Gasteiger partial charge < -0.3 is 20.6 Å². The van der Waals surface area contributed by atoms with E-state index in [9.17, 15) is 4.79 Å². The van der Waals surface area contributed by atoms with Crippen molar-refractivity contribution in [1.29, 1.82) is 0 Å². The molecule has 2 heterocycles. The van der Waals surface area contributed by atoms with Crippen LogP contribution in [0.2, 0.25) is 5.02 Å². The SMILES string of the molecule is CSc1cc(CNCCCNc2cc(=O)c3ccccc3[nH]2)c2[nH]cc(Cl)c2c1. The minimum Gasteiger partial charge on any atom is -0.371 e. The van der Waals surface area contributed by atoms with Gasteiger partial charge in [0.15, 0.2) is 5.43 Å². The van der Waals surface area contributed by atoms with E-state index in [4.69, 9.17) is 11.6 Å². The normalized spacial score (nSPS) is 11.4. The third-order valence-corrected chi connectivity index (χ3v) is 5.95. The number of halogens is 1. The van der Waals surface area contributed by atoms with E-state index >= 15 is 0 Å². The van der Waals surface area contributed by atoms with Crippen molar-refractivity contribution < 1.29 is 0 Å². The second-order valence-corrected chi connectivity index (χ2v) is 8.18. The maximum absolute atomic E-state index is 12.2. The number of rotatable bonds is 8. The van der Waals surface area contributed by atoms with Crippen molar-refractivity contribution in [1.82, 2.24) is 15.3 Å². The number of anilines is 1. The quantitative estimate of drug-likeness (QED) is 0.237. The zero-order chi connectivity index (χ0) is 20.2. The van der Waals surface area contributed by atoms with E-state index in [-0.39, 0.29) is 5.43 Å². The van der Waals surface area contributed by atoms with Crippen molar-refractivity contribution in [2.45, 2.75) is 17.9 Å². The third kappa shape index (κ3) is 4.45. The first-order valence-corrected chi connectivity index (χ1v) is 11.2. The Hall–Kier alpha value is -2.41. The van der Waals surface area contributed by atoms with Crippen molar-refractivity contribution in [2.75, 3.05) is 24.7 Å². The number of H-pyrrole nitrogens is 2. The largest absolute Gasteiger partial charge is 0.371 e. The number of hydrogen-bond donors (Lipinski definition) is 4. The molecule has 0 aliphatic rings. The second kappa shape index (κ2) is 8.95. The summed E-state index contributed by atoms with van der Waals surface area (Å²) in [6, 6.07) is 13.5. The summed E-state index contributed by atoms with van der Waals surface area (Å²) < 4.78 is 0. The smallest absolute Gasteiger partial charge is 0.191 e. The number of aromatic nitrogens is 2. The predicted molar refractivity (Wildman–Crippen MR) is 124 cm³/mol. The van der Waals surface area contributed by atoms with Gasteiger partial charge in [0.1, 0.15) is 5.82 Å². The highest BCUT2D eigenvalue weighted by molar-refractivity contribution is 7.98. The molecule has 2 aromatic carbocycles. The molecule has 0 atom stereocenters. The van der Waals surface area contributed by atoms with Crippen LogP contribution in [0.15, 0.2) is 58.4 Å². The van der Waals surface area contributed by atoms with Gasteiger partial charge in [-0.2, -0.15) is 0 Å². The molecule has 0 aliphatic heterocycles. The van der Waals surface area contributed by atoms with E-state index in [1.54, 1.807) is 17.8 Å². The Morgan fingerprint density at radius 3 is 2.83 bits per heavy atom. The van der Waals surface area contributed by atoms with Crippen LogP contribution >= 0.6 is 23.4 Å². The average molecular weight is 427 g/mol. The summed E-state index contributed by atoms with van der Waals surface area (Å²) in [6.45, 7) is 2.41. The van der Waals surface area contributed by atoms with E-state index in [1.165, 1.54) is 10.5 Å². The van der Waals surface area contributed by atoms with Gasteiger partial charge in [-0.05, 0) is 49.1 Å². The summed E-state index contributed by atoms with van der Waals surface area (Å²) in [7, 11) is 0. The number of pyridine rings is 1. The molecule has 29 heavy (non-hydrogen) atoms. The second-order valence-electron chi connectivity index (χ2n) is 6.90. The lowest BCUT2D eigenvalue weighted by molar-refractivity contribution is 0.664. The number of hydrogen-bond acceptors (Lipinski definition) is 4. The first-order valence-electron chi connectivity index (χ1n) is 9.56. The Bertz CT molecular complexity index is 1200. The lowest BCUT2D eigenvalue weighted by atomic mass is 10.1. The van der Waals surface area contributed by atoms with Gasteiger partial charge in [-0.15, -0.1) is 11.8 Å². The molecule has 0 fully saturated rings. The molecule has 7 heteroatoms. The number of thioether (sulfide) groups is 1.